The molecule has 0 radical (unpaired) electrons. The predicted molar refractivity (Wildman–Crippen MR) is 99.4 cm³/mol. The van der Waals surface area contributed by atoms with Crippen molar-refractivity contribution in [2.45, 2.75) is 19.3 Å². The molecule has 0 atom stereocenters. The first kappa shape index (κ1) is 19.5. The molecule has 1 fully saturated rings. The van der Waals surface area contributed by atoms with Crippen molar-refractivity contribution in [3.05, 3.63) is 54.1 Å². The highest BCUT2D eigenvalue weighted by atomic mass is 16.4. The van der Waals surface area contributed by atoms with Gasteiger partial charge < -0.3 is 20.2 Å². The molecule has 1 heterocycles. The van der Waals surface area contributed by atoms with Gasteiger partial charge in [0, 0.05) is 18.7 Å². The predicted octanol–water partition coefficient (Wildman–Crippen LogP) is 2.90. The van der Waals surface area contributed by atoms with Gasteiger partial charge in [-0.15, -0.1) is 0 Å². The molecule has 0 bridgehead atoms. The summed E-state index contributed by atoms with van der Waals surface area (Å²) in [7, 11) is 0. The summed E-state index contributed by atoms with van der Waals surface area (Å²) >= 11 is 0. The van der Waals surface area contributed by atoms with Gasteiger partial charge in [-0.2, -0.15) is 0 Å². The Hall–Kier alpha value is -2.86. The van der Waals surface area contributed by atoms with Crippen molar-refractivity contribution in [2.24, 2.45) is 0 Å². The minimum atomic E-state index is -1.26. The molecule has 0 spiro atoms. The molecule has 0 aliphatic carbocycles. The Labute approximate surface area is 152 Å². The van der Waals surface area contributed by atoms with Gasteiger partial charge in [0.15, 0.2) is 0 Å². The van der Waals surface area contributed by atoms with Crippen LogP contribution in [-0.4, -0.2) is 51.8 Å². The molecule has 3 rings (SSSR count). The molecule has 2 aromatic carbocycles. The number of aromatic hydroxyl groups is 1. The Morgan fingerprint density at radius 2 is 1.62 bits per heavy atom. The Kier molecular flexibility index (Phi) is 7.17. The van der Waals surface area contributed by atoms with Gasteiger partial charge in [-0.25, -0.2) is 9.59 Å². The van der Waals surface area contributed by atoms with E-state index in [9.17, 15) is 14.7 Å². The number of nitrogens with zero attached hydrogens (tertiary/aromatic N) is 1. The van der Waals surface area contributed by atoms with Crippen LogP contribution in [0.25, 0.3) is 10.8 Å². The normalized spacial score (nSPS) is 14.3. The zero-order valence-corrected chi connectivity index (χ0v) is 14.5. The summed E-state index contributed by atoms with van der Waals surface area (Å²) in [6, 6.07) is 12.1. The fraction of sp³-hybridized carbons (Fsp3) is 0.300. The lowest BCUT2D eigenvalue weighted by atomic mass is 10.0. The number of carboxylic acid groups (broad SMARTS) is 2. The monoisotopic (exact) mass is 357 g/mol. The number of hydrogen-bond acceptors (Lipinski definition) is 4. The van der Waals surface area contributed by atoms with Crippen molar-refractivity contribution < 1.29 is 24.9 Å². The van der Waals surface area contributed by atoms with E-state index in [-0.39, 0.29) is 0 Å². The first-order valence-electron chi connectivity index (χ1n) is 8.52. The number of likely N-dealkylation sites (tertiary alicyclic amines) is 1. The average molecular weight is 357 g/mol. The molecule has 0 amide bonds. The summed E-state index contributed by atoms with van der Waals surface area (Å²) in [5, 5.41) is 27.8. The Bertz CT molecular complexity index is 778. The van der Waals surface area contributed by atoms with Gasteiger partial charge in [-0.1, -0.05) is 24.3 Å². The molecule has 0 unspecified atom stereocenters. The lowest BCUT2D eigenvalue weighted by Crippen LogP contribution is -2.21. The number of carbonyl (C=O) groups is 2. The molecule has 1 saturated heterocycles. The lowest BCUT2D eigenvalue weighted by molar-refractivity contribution is -0.134. The fourth-order valence-corrected chi connectivity index (χ4v) is 3.01. The van der Waals surface area contributed by atoms with E-state index >= 15 is 0 Å². The van der Waals surface area contributed by atoms with Crippen molar-refractivity contribution >= 4 is 22.7 Å². The lowest BCUT2D eigenvalue weighted by Gasteiger charge is -2.15. The average Bonchev–Trinajstić information content (AvgIpc) is 3.12. The maximum Gasteiger partial charge on any atom is 0.328 e. The SMILES string of the molecule is O=C(O)/C=C/C(=O)O.Oc1cc(CCN2CCCC2)c2ccccc2c1. The van der Waals surface area contributed by atoms with E-state index in [1.165, 1.54) is 36.9 Å². The van der Waals surface area contributed by atoms with Crippen LogP contribution in [0.4, 0.5) is 0 Å². The van der Waals surface area contributed by atoms with Crippen LogP contribution in [0.2, 0.25) is 0 Å². The molecule has 1 aliphatic heterocycles. The fourth-order valence-electron chi connectivity index (χ4n) is 3.01. The molecular weight excluding hydrogens is 334 g/mol. The summed E-state index contributed by atoms with van der Waals surface area (Å²) in [6.07, 6.45) is 4.81. The largest absolute Gasteiger partial charge is 0.508 e. The van der Waals surface area contributed by atoms with E-state index in [0.717, 1.165) is 18.4 Å². The third-order valence-electron chi connectivity index (χ3n) is 4.20. The highest BCUT2D eigenvalue weighted by Crippen LogP contribution is 2.25. The number of aliphatic carboxylic acids is 2. The van der Waals surface area contributed by atoms with E-state index < -0.39 is 11.9 Å². The quantitative estimate of drug-likeness (QED) is 0.712. The van der Waals surface area contributed by atoms with Gasteiger partial charge in [0.05, 0.1) is 0 Å². The third-order valence-corrected chi connectivity index (χ3v) is 4.20. The van der Waals surface area contributed by atoms with Gasteiger partial charge >= 0.3 is 11.9 Å². The van der Waals surface area contributed by atoms with E-state index in [1.54, 1.807) is 0 Å². The Morgan fingerprint density at radius 3 is 2.23 bits per heavy atom. The van der Waals surface area contributed by atoms with Crippen LogP contribution in [0.1, 0.15) is 18.4 Å². The second-order valence-electron chi connectivity index (χ2n) is 6.13. The molecule has 2 aromatic rings. The Balaban J connectivity index is 0.000000260. The minimum Gasteiger partial charge on any atom is -0.508 e. The molecular formula is C20H23NO5. The smallest absolute Gasteiger partial charge is 0.328 e. The maximum absolute atomic E-state index is 9.79. The summed E-state index contributed by atoms with van der Waals surface area (Å²) in [6.45, 7) is 3.57. The van der Waals surface area contributed by atoms with Crippen LogP contribution in [0.3, 0.4) is 0 Å². The molecule has 6 heteroatoms. The molecule has 1 aliphatic rings. The molecule has 6 nitrogen and oxygen atoms in total. The highest BCUT2D eigenvalue weighted by Gasteiger charge is 2.12. The van der Waals surface area contributed by atoms with Crippen LogP contribution >= 0.6 is 0 Å². The second kappa shape index (κ2) is 9.58. The topological polar surface area (TPSA) is 98.1 Å². The minimum absolute atomic E-state index is 0.380. The number of fused-ring (bicyclic) bond motifs is 1. The van der Waals surface area contributed by atoms with E-state index in [2.05, 4.69) is 23.1 Å². The zero-order valence-electron chi connectivity index (χ0n) is 14.5. The summed E-state index contributed by atoms with van der Waals surface area (Å²) in [5.74, 6) is -2.13. The van der Waals surface area contributed by atoms with E-state index in [4.69, 9.17) is 10.2 Å². The van der Waals surface area contributed by atoms with Crippen LogP contribution < -0.4 is 0 Å². The number of phenols is 1. The standard InChI is InChI=1S/C16H19NO.C4H4O4/c18-15-11-13-5-1-2-6-16(13)14(12-15)7-10-17-8-3-4-9-17;5-3(6)1-2-4(7)8/h1-2,5-6,11-12,18H,3-4,7-10H2;1-2H,(H,5,6)(H,7,8)/b;2-1+. The highest BCUT2D eigenvalue weighted by molar-refractivity contribution is 5.89. The number of phenolic OH excluding ortho intramolecular Hbond substituents is 1. The number of carboxylic acids is 2. The van der Waals surface area contributed by atoms with Crippen molar-refractivity contribution in [3.8, 4) is 5.75 Å². The summed E-state index contributed by atoms with van der Waals surface area (Å²) in [4.78, 5) is 21.6. The molecule has 3 N–H and O–H groups in total. The first-order valence-corrected chi connectivity index (χ1v) is 8.52. The van der Waals surface area contributed by atoms with Gasteiger partial charge in [0.2, 0.25) is 0 Å². The number of hydrogen-bond donors (Lipinski definition) is 3. The van der Waals surface area contributed by atoms with Crippen molar-refractivity contribution in [2.75, 3.05) is 19.6 Å². The number of rotatable bonds is 5. The maximum atomic E-state index is 9.79. The van der Waals surface area contributed by atoms with Crippen LogP contribution in [0, 0.1) is 0 Å². The van der Waals surface area contributed by atoms with Gasteiger partial charge in [-0.3, -0.25) is 0 Å². The van der Waals surface area contributed by atoms with Gasteiger partial charge in [-0.05, 0) is 60.8 Å². The summed E-state index contributed by atoms with van der Waals surface area (Å²) < 4.78 is 0. The van der Waals surface area contributed by atoms with Crippen molar-refractivity contribution in [1.82, 2.24) is 4.90 Å². The molecule has 26 heavy (non-hydrogen) atoms. The third kappa shape index (κ3) is 6.22. The van der Waals surface area contributed by atoms with Crippen LogP contribution in [0.15, 0.2) is 48.6 Å². The van der Waals surface area contributed by atoms with Crippen molar-refractivity contribution in [1.29, 1.82) is 0 Å². The van der Waals surface area contributed by atoms with Crippen LogP contribution in [-0.2, 0) is 16.0 Å². The zero-order chi connectivity index (χ0) is 18.9. The van der Waals surface area contributed by atoms with E-state index in [1.807, 2.05) is 18.2 Å². The van der Waals surface area contributed by atoms with Crippen LogP contribution in [0.5, 0.6) is 5.75 Å². The molecule has 0 aromatic heterocycles. The van der Waals surface area contributed by atoms with Gasteiger partial charge in [0.1, 0.15) is 5.75 Å². The summed E-state index contributed by atoms with van der Waals surface area (Å²) in [5.41, 5.74) is 1.26. The first-order chi connectivity index (χ1) is 12.5. The molecule has 138 valence electrons. The van der Waals surface area contributed by atoms with Gasteiger partial charge in [0.25, 0.3) is 0 Å². The van der Waals surface area contributed by atoms with Crippen molar-refractivity contribution in [3.63, 3.8) is 0 Å². The number of benzene rings is 2. The Morgan fingerprint density at radius 1 is 1.00 bits per heavy atom. The van der Waals surface area contributed by atoms with E-state index in [0.29, 0.717) is 17.9 Å². The second-order valence-corrected chi connectivity index (χ2v) is 6.13. The molecule has 0 saturated carbocycles.